The summed E-state index contributed by atoms with van der Waals surface area (Å²) in [5, 5.41) is 13.1. The van der Waals surface area contributed by atoms with Gasteiger partial charge in [-0.1, -0.05) is 417 Å². The van der Waals surface area contributed by atoms with Crippen molar-refractivity contribution in [2.75, 3.05) is 0 Å². The molecule has 0 fully saturated rings. The number of pyridine rings is 1. The van der Waals surface area contributed by atoms with Crippen LogP contribution >= 0.6 is 22.7 Å². The van der Waals surface area contributed by atoms with Crippen LogP contribution in [0.2, 0.25) is 0 Å². The van der Waals surface area contributed by atoms with Crippen LogP contribution in [0.4, 0.5) is 0 Å². The maximum Gasteiger partial charge on any atom is 0.180 e. The first-order chi connectivity index (χ1) is 60.6. The van der Waals surface area contributed by atoms with Crippen molar-refractivity contribution in [1.82, 2.24) is 73.3 Å². The number of hydrogen-bond acceptors (Lipinski definition) is 15. The highest BCUT2D eigenvalue weighted by atomic mass is 32.1. The highest BCUT2D eigenvalue weighted by Crippen LogP contribution is 1.92. The summed E-state index contributed by atoms with van der Waals surface area (Å²) in [4.78, 5) is 33.4. The summed E-state index contributed by atoms with van der Waals surface area (Å²) in [6.45, 7) is 96.0. The topological polar surface area (TPSA) is 188 Å². The van der Waals surface area contributed by atoms with Gasteiger partial charge in [-0.3, -0.25) is 19.9 Å². The van der Waals surface area contributed by atoms with E-state index in [1.165, 1.54) is 19.0 Å². The molecule has 0 spiro atoms. The van der Waals surface area contributed by atoms with Crippen LogP contribution in [0.5, 0.6) is 0 Å². The Morgan fingerprint density at radius 3 is 0.540 bits per heavy atom. The van der Waals surface area contributed by atoms with Crippen LogP contribution in [-0.2, 0) is 28.2 Å². The van der Waals surface area contributed by atoms with Crippen molar-refractivity contribution in [2.24, 2.45) is 28.2 Å². The van der Waals surface area contributed by atoms with Gasteiger partial charge < -0.3 is 27.1 Å². The van der Waals surface area contributed by atoms with Gasteiger partial charge in [-0.15, -0.1) is 11.3 Å². The van der Waals surface area contributed by atoms with Crippen molar-refractivity contribution in [2.45, 2.75) is 362 Å². The number of rotatable bonds is 0. The second kappa shape index (κ2) is 323. The van der Waals surface area contributed by atoms with E-state index in [9.17, 15) is 0 Å². The molecule has 0 radical (unpaired) electrons. The number of aryl methyl sites for hydroxylation is 4. The van der Waals surface area contributed by atoms with Crippen LogP contribution in [0.3, 0.4) is 0 Å². The van der Waals surface area contributed by atoms with Gasteiger partial charge in [0, 0.05) is 151 Å². The third-order valence-electron chi connectivity index (χ3n) is 7.00. The molecule has 19 heteroatoms. The molecule has 0 N–H and O–H groups in total. The van der Waals surface area contributed by atoms with Gasteiger partial charge in [0.1, 0.15) is 12.6 Å². The largest absolute Gasteiger partial charge is 0.473 e. The Kier molecular flexibility index (Phi) is 508. The predicted molar refractivity (Wildman–Crippen MR) is 595 cm³/mol. The van der Waals surface area contributed by atoms with Crippen LogP contribution in [0, 0.1) is 0 Å². The number of furan rings is 1. The number of aromatic nitrogens is 15. The van der Waals surface area contributed by atoms with Crippen molar-refractivity contribution in [3.05, 3.63) is 311 Å². The van der Waals surface area contributed by atoms with E-state index in [0.717, 1.165) is 0 Å². The molecule has 13 rings (SSSR count). The number of hydrogen-bond donors (Lipinski definition) is 0. The van der Waals surface area contributed by atoms with Gasteiger partial charge in [-0.25, -0.2) is 24.9 Å². The Labute approximate surface area is 801 Å². The van der Waals surface area contributed by atoms with Crippen molar-refractivity contribution >= 4 is 22.7 Å². The first-order valence-corrected chi connectivity index (χ1v) is 48.0. The van der Waals surface area contributed by atoms with Crippen molar-refractivity contribution < 1.29 is 8.83 Å². The lowest BCUT2D eigenvalue weighted by Crippen LogP contribution is -1.76. The lowest BCUT2D eigenvalue weighted by molar-refractivity contribution is 0.558. The lowest BCUT2D eigenvalue weighted by atomic mass is 10.4. The highest BCUT2D eigenvalue weighted by molar-refractivity contribution is 7.07. The maximum atomic E-state index is 4.58. The van der Waals surface area contributed by atoms with Crippen LogP contribution in [-0.4, -0.2) is 73.3 Å². The molecule has 12 heterocycles. The average molecular weight is 1820 g/mol. The van der Waals surface area contributed by atoms with Gasteiger partial charge in [-0.05, 0) is 77.5 Å². The third-order valence-corrected chi connectivity index (χ3v) is 8.15. The molecule has 750 valence electrons. The van der Waals surface area contributed by atoms with E-state index in [2.05, 4.69) is 63.9 Å². The van der Waals surface area contributed by atoms with E-state index in [0.29, 0.717) is 0 Å². The summed E-state index contributed by atoms with van der Waals surface area (Å²) >= 11 is 3.31. The maximum absolute atomic E-state index is 4.58. The Morgan fingerprint density at radius 2 is 0.452 bits per heavy atom. The van der Waals surface area contributed by atoms with E-state index in [4.69, 9.17) is 0 Å². The molecule has 0 saturated heterocycles. The molecule has 126 heavy (non-hydrogen) atoms. The van der Waals surface area contributed by atoms with E-state index in [1.807, 2.05) is 547 Å². The lowest BCUT2D eigenvalue weighted by Gasteiger charge is -1.79. The minimum atomic E-state index is 0. The smallest absolute Gasteiger partial charge is 0.180 e. The normalized spacial score (nSPS) is 6.00. The molecule has 0 unspecified atom stereocenters. The number of benzene rings is 1. The standard InChI is InChI=1S/C6H6.2C5H7N.C5H5N.2C4H6N2.3C4H4N2.C4H4O.C4H4S.C3H3NO.C3H3NS.24C2H6.4CH4/c1-2-4-6-5-3-1;2*1-6-4-2-3-5-6;1-2-4-6-5-3-1;2*1-6-3-2-5-4-6;1-2-6-4-3-5-1;1-2-5-4-6-3-1;1-2-4-6-5-3-1;2*1-2-4-5-3-1;2*1-2-5-3-4-1;24*1-2;;;;/h1-6H;2*2-5H,1H3;1-5H;2*2-4H,1H3;3*1-4H;2*1-4H;2*1-3H;24*1-2H3;4*1H4. The van der Waals surface area contributed by atoms with Gasteiger partial charge in [0.2, 0.25) is 0 Å². The summed E-state index contributed by atoms with van der Waals surface area (Å²) in [6, 6.07) is 38.8. The van der Waals surface area contributed by atoms with Crippen molar-refractivity contribution in [3.63, 3.8) is 0 Å². The molecule has 0 amide bonds. The number of thiophene rings is 1. The molecule has 0 aliphatic carbocycles. The SMILES string of the molecule is C.C.C.C.CC.CC.CC.CC.CC.CC.CC.CC.CC.CC.CC.CC.CC.CC.CC.CC.CC.CC.CC.CC.CC.CC.CC.CC.Cn1cccc1.Cn1cccc1.Cn1ccnc1.Cn1ccnc1.c1ccccc1.c1ccncc1.c1ccnnc1.c1ccoc1.c1ccsc1.c1cnccn1.c1cncnc1.c1cocn1.c1cscn1. The Morgan fingerprint density at radius 1 is 0.183 bits per heavy atom. The fourth-order valence-corrected chi connectivity index (χ4v) is 4.56. The summed E-state index contributed by atoms with van der Waals surface area (Å²) in [7, 11) is 7.88. The van der Waals surface area contributed by atoms with Crippen LogP contribution in [0.1, 0.15) is 362 Å². The van der Waals surface area contributed by atoms with E-state index >= 15 is 0 Å². The molecule has 13 aromatic rings. The highest BCUT2D eigenvalue weighted by Gasteiger charge is 1.72. The second-order valence-corrected chi connectivity index (χ2v) is 14.6. The average Bonchev–Trinajstić information content (AvgIpc) is 1.92. The molecule has 1 aromatic carbocycles. The minimum Gasteiger partial charge on any atom is -0.473 e. The Bertz CT molecular complexity index is 2130. The van der Waals surface area contributed by atoms with Gasteiger partial charge in [0.05, 0.1) is 36.9 Å². The monoisotopic (exact) mass is 1810 g/mol. The predicted octanol–water partition coefficient (Wildman–Crippen LogP) is 39.1. The fraction of sp³-hybridized carbons (Fsp3) is 0.523. The molecule has 0 atom stereocenters. The van der Waals surface area contributed by atoms with Gasteiger partial charge >= 0.3 is 0 Å². The quantitative estimate of drug-likeness (QED) is 0.140. The Balaban J connectivity index is -0.0000000305. The van der Waals surface area contributed by atoms with Crippen LogP contribution in [0.25, 0.3) is 0 Å². The van der Waals surface area contributed by atoms with Crippen LogP contribution in [0.15, 0.2) is 320 Å². The number of thiazole rings is 1. The number of imidazole rings is 2. The summed E-state index contributed by atoms with van der Waals surface area (Å²) in [5.41, 5.74) is 1.79. The molecule has 0 aliphatic heterocycles. The van der Waals surface area contributed by atoms with E-state index in [1.54, 1.807) is 146 Å². The number of nitrogens with zero attached hydrogens (tertiary/aromatic N) is 15. The fourth-order valence-electron chi connectivity index (χ4n) is 3.76. The summed E-state index contributed by atoms with van der Waals surface area (Å²) < 4.78 is 16.8. The van der Waals surface area contributed by atoms with Gasteiger partial charge in [0.25, 0.3) is 0 Å². The zero-order chi connectivity index (χ0) is 101. The zero-order valence-electron chi connectivity index (χ0n) is 89.8. The third kappa shape index (κ3) is 314. The van der Waals surface area contributed by atoms with Crippen LogP contribution < -0.4 is 0 Å². The van der Waals surface area contributed by atoms with Crippen molar-refractivity contribution in [1.29, 1.82) is 0 Å². The molecule has 0 aliphatic rings. The molecule has 0 saturated carbocycles. The molecular weight excluding hydrogens is 1590 g/mol. The summed E-state index contributed by atoms with van der Waals surface area (Å²) in [6.07, 6.45) is 46.5. The first-order valence-electron chi connectivity index (χ1n) is 46.1. The zero-order valence-corrected chi connectivity index (χ0v) is 91.4. The number of oxazole rings is 1. The minimum absolute atomic E-state index is 0. The van der Waals surface area contributed by atoms with Gasteiger partial charge in [0.15, 0.2) is 6.39 Å². The van der Waals surface area contributed by atoms with E-state index < -0.39 is 0 Å². The van der Waals surface area contributed by atoms with Gasteiger partial charge in [-0.2, -0.15) is 21.5 Å². The first kappa shape index (κ1) is 198. The molecule has 17 nitrogen and oxygen atoms in total. The molecule has 12 aromatic heterocycles. The van der Waals surface area contributed by atoms with E-state index in [-0.39, 0.29) is 29.7 Å². The second-order valence-electron chi connectivity index (χ2n) is 13.0. The van der Waals surface area contributed by atoms with Crippen molar-refractivity contribution in [3.8, 4) is 0 Å². The molecular formula is C107H223N15O2S2. The molecule has 0 bridgehead atoms. The summed E-state index contributed by atoms with van der Waals surface area (Å²) in [5.74, 6) is 0. The Hall–Kier alpha value is -9.59.